The van der Waals surface area contributed by atoms with Gasteiger partial charge in [0.1, 0.15) is 0 Å². The van der Waals surface area contributed by atoms with Gasteiger partial charge in [-0.25, -0.2) is 0 Å². The standard InChI is InChI=1S/2C8H18.C6H15O2P/c2*1-3-5-7-8-6-4-2;1-2-3-4-5-6-8-9-7/h2*3-8H2,1-2H3;2-6,9H2,1H3. The minimum atomic E-state index is -0.975. The zero-order valence-corrected chi connectivity index (χ0v) is 19.6. The summed E-state index contributed by atoms with van der Waals surface area (Å²) in [6.07, 6.45) is 21.7. The zero-order chi connectivity index (χ0) is 19.4. The van der Waals surface area contributed by atoms with Crippen LogP contribution in [-0.4, -0.2) is 6.61 Å². The molecule has 25 heavy (non-hydrogen) atoms. The van der Waals surface area contributed by atoms with Crippen molar-refractivity contribution in [3.8, 4) is 0 Å². The van der Waals surface area contributed by atoms with Crippen molar-refractivity contribution in [3.05, 3.63) is 0 Å². The molecule has 0 rings (SSSR count). The van der Waals surface area contributed by atoms with Gasteiger partial charge >= 0.3 is 0 Å². The molecule has 1 atom stereocenters. The first-order valence-corrected chi connectivity index (χ1v) is 12.2. The lowest BCUT2D eigenvalue weighted by atomic mass is 10.1. The van der Waals surface area contributed by atoms with Crippen molar-refractivity contribution in [3.63, 3.8) is 0 Å². The van der Waals surface area contributed by atoms with E-state index in [0.29, 0.717) is 6.61 Å². The number of rotatable bonds is 16. The predicted octanol–water partition coefficient (Wildman–Crippen LogP) is 8.99. The molecule has 1 unspecified atom stereocenters. The van der Waals surface area contributed by atoms with Gasteiger partial charge in [-0.2, -0.15) is 0 Å². The molecule has 0 amide bonds. The Bertz CT molecular complexity index is 174. The average Bonchev–Trinajstić information content (AvgIpc) is 2.64. The Morgan fingerprint density at radius 1 is 0.480 bits per heavy atom. The Kier molecular flexibility index (Phi) is 42.3. The van der Waals surface area contributed by atoms with Gasteiger partial charge in [0.15, 0.2) is 8.69 Å². The second-order valence-electron chi connectivity index (χ2n) is 6.86. The van der Waals surface area contributed by atoms with Crippen LogP contribution in [0.15, 0.2) is 0 Å². The van der Waals surface area contributed by atoms with E-state index < -0.39 is 8.69 Å². The summed E-state index contributed by atoms with van der Waals surface area (Å²) in [6.45, 7) is 11.9. The molecule has 0 aliphatic carbocycles. The highest BCUT2D eigenvalue weighted by Gasteiger charge is 1.85. The van der Waals surface area contributed by atoms with Crippen molar-refractivity contribution >= 4 is 8.69 Å². The molecular formula is C22H51O2P. The lowest BCUT2D eigenvalue weighted by Crippen LogP contribution is -1.83. The second-order valence-corrected chi connectivity index (χ2v) is 7.38. The largest absolute Gasteiger partial charge is 0.332 e. The van der Waals surface area contributed by atoms with E-state index >= 15 is 0 Å². The van der Waals surface area contributed by atoms with Gasteiger partial charge in [0.25, 0.3) is 0 Å². The van der Waals surface area contributed by atoms with Crippen LogP contribution in [0, 0.1) is 0 Å². The van der Waals surface area contributed by atoms with Gasteiger partial charge < -0.3 is 4.52 Å². The maximum atomic E-state index is 9.82. The molecule has 2 nitrogen and oxygen atoms in total. The van der Waals surface area contributed by atoms with Gasteiger partial charge in [-0.15, -0.1) is 0 Å². The number of hydrogen-bond donors (Lipinski definition) is 0. The highest BCUT2D eigenvalue weighted by atomic mass is 31.1. The first kappa shape index (κ1) is 29.9. The van der Waals surface area contributed by atoms with Crippen LogP contribution < -0.4 is 0 Å². The molecule has 0 aromatic rings. The third kappa shape index (κ3) is 45.4. The van der Waals surface area contributed by atoms with Gasteiger partial charge in [-0.05, 0) is 6.42 Å². The van der Waals surface area contributed by atoms with E-state index in [-0.39, 0.29) is 0 Å². The topological polar surface area (TPSA) is 26.3 Å². The Morgan fingerprint density at radius 2 is 0.760 bits per heavy atom. The van der Waals surface area contributed by atoms with Crippen molar-refractivity contribution in [1.29, 1.82) is 0 Å². The van der Waals surface area contributed by atoms with Gasteiger partial charge in [0, 0.05) is 0 Å². The van der Waals surface area contributed by atoms with Crippen LogP contribution in [0.4, 0.5) is 0 Å². The molecule has 0 bridgehead atoms. The van der Waals surface area contributed by atoms with Gasteiger partial charge in [-0.1, -0.05) is 131 Å². The molecule has 0 N–H and O–H groups in total. The minimum Gasteiger partial charge on any atom is -0.332 e. The smallest absolute Gasteiger partial charge is 0.179 e. The van der Waals surface area contributed by atoms with E-state index in [4.69, 9.17) is 4.52 Å². The highest BCUT2D eigenvalue weighted by Crippen LogP contribution is 2.04. The molecule has 0 spiro atoms. The quantitative estimate of drug-likeness (QED) is 0.198. The van der Waals surface area contributed by atoms with Gasteiger partial charge in [-0.3, -0.25) is 4.57 Å². The molecule has 0 heterocycles. The van der Waals surface area contributed by atoms with Crippen LogP contribution in [0.3, 0.4) is 0 Å². The summed E-state index contributed by atoms with van der Waals surface area (Å²) in [6, 6.07) is 0. The van der Waals surface area contributed by atoms with Gasteiger partial charge in [0.2, 0.25) is 0 Å². The Morgan fingerprint density at radius 3 is 1.00 bits per heavy atom. The monoisotopic (exact) mass is 378 g/mol. The molecule has 0 aromatic heterocycles. The normalized spacial score (nSPS) is 10.3. The predicted molar refractivity (Wildman–Crippen MR) is 119 cm³/mol. The molecule has 0 fully saturated rings. The van der Waals surface area contributed by atoms with Gasteiger partial charge in [0.05, 0.1) is 6.61 Å². The molecule has 0 saturated carbocycles. The number of hydrogen-bond acceptors (Lipinski definition) is 2. The zero-order valence-electron chi connectivity index (χ0n) is 18.4. The first-order chi connectivity index (χ1) is 12.2. The molecule has 156 valence electrons. The summed E-state index contributed by atoms with van der Waals surface area (Å²) < 4.78 is 14.5. The second kappa shape index (κ2) is 35.3. The molecule has 3 heteroatoms. The fourth-order valence-electron chi connectivity index (χ4n) is 2.37. The summed E-state index contributed by atoms with van der Waals surface area (Å²) in [5, 5.41) is 0. The van der Waals surface area contributed by atoms with E-state index in [9.17, 15) is 4.57 Å². The molecule has 0 saturated heterocycles. The fraction of sp³-hybridized carbons (Fsp3) is 1.00. The van der Waals surface area contributed by atoms with E-state index in [0.717, 1.165) is 6.42 Å². The summed E-state index contributed by atoms with van der Waals surface area (Å²) >= 11 is 0. The van der Waals surface area contributed by atoms with Crippen LogP contribution in [0.1, 0.15) is 137 Å². The maximum absolute atomic E-state index is 9.82. The third-order valence-electron chi connectivity index (χ3n) is 4.10. The Hall–Kier alpha value is 0.190. The van der Waals surface area contributed by atoms with E-state index in [1.165, 1.54) is 96.3 Å². The van der Waals surface area contributed by atoms with Crippen molar-refractivity contribution < 1.29 is 9.09 Å². The summed E-state index contributed by atoms with van der Waals surface area (Å²) in [5.74, 6) is 0. The Balaban J connectivity index is -0.000000291. The van der Waals surface area contributed by atoms with Crippen LogP contribution >= 0.6 is 8.69 Å². The molecule has 0 aromatic carbocycles. The van der Waals surface area contributed by atoms with E-state index in [1.54, 1.807) is 0 Å². The van der Waals surface area contributed by atoms with E-state index in [2.05, 4.69) is 34.6 Å². The highest BCUT2D eigenvalue weighted by molar-refractivity contribution is 7.17. The number of unbranched alkanes of at least 4 members (excludes halogenated alkanes) is 13. The molecular weight excluding hydrogens is 327 g/mol. The van der Waals surface area contributed by atoms with E-state index in [1.807, 2.05) is 0 Å². The SMILES string of the molecule is CCCCCCCC.CCCCCCCC.CCCCCCO[PH2]=O. The summed E-state index contributed by atoms with van der Waals surface area (Å²) in [5.41, 5.74) is 0. The fourth-order valence-corrected chi connectivity index (χ4v) is 2.63. The summed E-state index contributed by atoms with van der Waals surface area (Å²) in [7, 11) is -0.975. The first-order valence-electron chi connectivity index (χ1n) is 11.3. The molecule has 0 radical (unpaired) electrons. The Labute approximate surface area is 162 Å². The van der Waals surface area contributed by atoms with Crippen molar-refractivity contribution in [1.82, 2.24) is 0 Å². The van der Waals surface area contributed by atoms with Crippen LogP contribution in [0.5, 0.6) is 0 Å². The lowest BCUT2D eigenvalue weighted by molar-refractivity contribution is 0.329. The minimum absolute atomic E-state index is 0.679. The lowest BCUT2D eigenvalue weighted by Gasteiger charge is -1.94. The molecule has 0 aliphatic heterocycles. The summed E-state index contributed by atoms with van der Waals surface area (Å²) in [4.78, 5) is 0. The molecule has 0 aliphatic rings. The van der Waals surface area contributed by atoms with Crippen molar-refractivity contribution in [2.24, 2.45) is 0 Å². The maximum Gasteiger partial charge on any atom is 0.179 e. The van der Waals surface area contributed by atoms with Crippen LogP contribution in [0.25, 0.3) is 0 Å². The van der Waals surface area contributed by atoms with Crippen molar-refractivity contribution in [2.45, 2.75) is 137 Å². The average molecular weight is 379 g/mol. The van der Waals surface area contributed by atoms with Crippen LogP contribution in [0.2, 0.25) is 0 Å². The van der Waals surface area contributed by atoms with Crippen molar-refractivity contribution in [2.75, 3.05) is 6.61 Å². The third-order valence-corrected chi connectivity index (χ3v) is 4.47. The van der Waals surface area contributed by atoms with Crippen LogP contribution in [-0.2, 0) is 9.09 Å².